The average Bonchev–Trinajstić information content (AvgIpc) is 2.53. The van der Waals surface area contributed by atoms with Crippen molar-refractivity contribution in [1.29, 1.82) is 0 Å². The Kier molecular flexibility index (Phi) is 6.46. The third-order valence-electron chi connectivity index (χ3n) is 3.77. The second kappa shape index (κ2) is 8.34. The molecule has 0 heterocycles. The molecule has 3 N–H and O–H groups in total. The van der Waals surface area contributed by atoms with Crippen LogP contribution in [0.5, 0.6) is 0 Å². The molecule has 23 heavy (non-hydrogen) atoms. The summed E-state index contributed by atoms with van der Waals surface area (Å²) in [6, 6.07) is 14.7. The van der Waals surface area contributed by atoms with Gasteiger partial charge in [0, 0.05) is 22.6 Å². The molecule has 0 aliphatic heterocycles. The minimum atomic E-state index is -0.322. The quantitative estimate of drug-likeness (QED) is 0.827. The fraction of sp³-hybridized carbons (Fsp3) is 0.278. The fourth-order valence-corrected chi connectivity index (χ4v) is 2.94. The normalized spacial score (nSPS) is 13.4. The van der Waals surface area contributed by atoms with Gasteiger partial charge in [0.15, 0.2) is 0 Å². The van der Waals surface area contributed by atoms with Crippen LogP contribution in [0.15, 0.2) is 48.5 Å². The summed E-state index contributed by atoms with van der Waals surface area (Å²) in [7, 11) is 0. The molecule has 2 aromatic rings. The van der Waals surface area contributed by atoms with Crippen LogP contribution >= 0.6 is 23.2 Å². The van der Waals surface area contributed by atoms with E-state index in [4.69, 9.17) is 28.9 Å². The summed E-state index contributed by atoms with van der Waals surface area (Å²) in [5, 5.41) is 4.11. The van der Waals surface area contributed by atoms with E-state index in [1.54, 1.807) is 6.07 Å². The molecular formula is C18H20Cl2N2O. The molecule has 1 amide bonds. The summed E-state index contributed by atoms with van der Waals surface area (Å²) in [6.07, 6.45) is 0.666. The molecule has 0 bridgehead atoms. The summed E-state index contributed by atoms with van der Waals surface area (Å²) >= 11 is 11.9. The minimum absolute atomic E-state index is 0.0607. The number of benzene rings is 2. The number of rotatable bonds is 6. The van der Waals surface area contributed by atoms with Gasteiger partial charge in [-0.15, -0.1) is 0 Å². The maximum absolute atomic E-state index is 12.2. The number of nitrogens with two attached hydrogens (primary N) is 1. The third-order valence-corrected chi connectivity index (χ3v) is 4.21. The van der Waals surface area contributed by atoms with Crippen LogP contribution in [0.1, 0.15) is 24.1 Å². The van der Waals surface area contributed by atoms with Crippen LogP contribution in [0.25, 0.3) is 0 Å². The van der Waals surface area contributed by atoms with Gasteiger partial charge in [0.05, 0.1) is 5.92 Å². The van der Waals surface area contributed by atoms with Gasteiger partial charge in [-0.25, -0.2) is 0 Å². The number of carbonyl (C=O) groups is 1. The zero-order valence-corrected chi connectivity index (χ0v) is 14.4. The zero-order chi connectivity index (χ0) is 16.8. The van der Waals surface area contributed by atoms with Gasteiger partial charge in [0.2, 0.25) is 5.91 Å². The maximum Gasteiger partial charge on any atom is 0.224 e. The highest BCUT2D eigenvalue weighted by molar-refractivity contribution is 6.34. The van der Waals surface area contributed by atoms with E-state index in [2.05, 4.69) is 5.32 Å². The van der Waals surface area contributed by atoms with Crippen molar-refractivity contribution in [3.63, 3.8) is 0 Å². The molecule has 2 atom stereocenters. The van der Waals surface area contributed by atoms with Crippen molar-refractivity contribution in [2.75, 3.05) is 6.54 Å². The van der Waals surface area contributed by atoms with Gasteiger partial charge in [-0.05, 0) is 35.7 Å². The summed E-state index contributed by atoms with van der Waals surface area (Å²) < 4.78 is 0. The topological polar surface area (TPSA) is 55.1 Å². The van der Waals surface area contributed by atoms with Crippen molar-refractivity contribution < 1.29 is 4.79 Å². The predicted octanol–water partition coefficient (Wildman–Crippen LogP) is 3.99. The molecule has 0 spiro atoms. The average molecular weight is 351 g/mol. The van der Waals surface area contributed by atoms with Crippen LogP contribution in [-0.4, -0.2) is 12.5 Å². The van der Waals surface area contributed by atoms with E-state index < -0.39 is 0 Å². The Morgan fingerprint density at radius 2 is 1.74 bits per heavy atom. The van der Waals surface area contributed by atoms with Crippen molar-refractivity contribution >= 4 is 29.1 Å². The standard InChI is InChI=1S/C18H20Cl2N2O/c1-12(17(21)14-5-3-2-4-6-14)18(23)22-8-7-13-9-15(19)11-16(20)10-13/h2-6,9-12,17H,7-8,21H2,1H3,(H,22,23). The molecule has 5 heteroatoms. The number of hydrogen-bond donors (Lipinski definition) is 2. The Morgan fingerprint density at radius 1 is 1.13 bits per heavy atom. The van der Waals surface area contributed by atoms with Gasteiger partial charge in [-0.3, -0.25) is 4.79 Å². The van der Waals surface area contributed by atoms with Crippen molar-refractivity contribution in [3.05, 3.63) is 69.7 Å². The van der Waals surface area contributed by atoms with Crippen molar-refractivity contribution in [3.8, 4) is 0 Å². The van der Waals surface area contributed by atoms with Gasteiger partial charge in [-0.2, -0.15) is 0 Å². The second-order valence-corrected chi connectivity index (χ2v) is 6.42. The maximum atomic E-state index is 12.2. The smallest absolute Gasteiger partial charge is 0.224 e. The van der Waals surface area contributed by atoms with E-state index in [0.717, 1.165) is 11.1 Å². The van der Waals surface area contributed by atoms with Crippen LogP contribution in [-0.2, 0) is 11.2 Å². The zero-order valence-electron chi connectivity index (χ0n) is 12.9. The van der Waals surface area contributed by atoms with Gasteiger partial charge in [0.25, 0.3) is 0 Å². The number of amides is 1. The molecule has 3 nitrogen and oxygen atoms in total. The van der Waals surface area contributed by atoms with Crippen molar-refractivity contribution in [1.82, 2.24) is 5.32 Å². The highest BCUT2D eigenvalue weighted by Gasteiger charge is 2.21. The summed E-state index contributed by atoms with van der Waals surface area (Å²) in [5.74, 6) is -0.366. The number of carbonyl (C=O) groups excluding carboxylic acids is 1. The van der Waals surface area contributed by atoms with E-state index in [1.165, 1.54) is 0 Å². The van der Waals surface area contributed by atoms with E-state index in [-0.39, 0.29) is 17.9 Å². The van der Waals surface area contributed by atoms with Crippen molar-refractivity contribution in [2.24, 2.45) is 11.7 Å². The first-order valence-corrected chi connectivity index (χ1v) is 8.26. The van der Waals surface area contributed by atoms with Crippen LogP contribution in [0.3, 0.4) is 0 Å². The highest BCUT2D eigenvalue weighted by atomic mass is 35.5. The Labute approximate surface area is 146 Å². The molecule has 0 saturated carbocycles. The number of halogens is 2. The number of hydrogen-bond acceptors (Lipinski definition) is 2. The Morgan fingerprint density at radius 3 is 2.35 bits per heavy atom. The van der Waals surface area contributed by atoms with Gasteiger partial charge in [0.1, 0.15) is 0 Å². The van der Waals surface area contributed by atoms with E-state index >= 15 is 0 Å². The SMILES string of the molecule is CC(C(=O)NCCc1cc(Cl)cc(Cl)c1)C(N)c1ccccc1. The van der Waals surface area contributed by atoms with Crippen LogP contribution in [0.4, 0.5) is 0 Å². The lowest BCUT2D eigenvalue weighted by atomic mass is 9.94. The Balaban J connectivity index is 1.86. The molecule has 0 aliphatic carbocycles. The molecular weight excluding hydrogens is 331 g/mol. The van der Waals surface area contributed by atoms with Crippen LogP contribution in [0.2, 0.25) is 10.0 Å². The lowest BCUT2D eigenvalue weighted by Gasteiger charge is -2.19. The first-order valence-electron chi connectivity index (χ1n) is 7.50. The largest absolute Gasteiger partial charge is 0.355 e. The lowest BCUT2D eigenvalue weighted by Crippen LogP contribution is -2.36. The molecule has 2 unspecified atom stereocenters. The molecule has 0 aliphatic rings. The first kappa shape index (κ1) is 17.8. The summed E-state index contributed by atoms with van der Waals surface area (Å²) in [5.41, 5.74) is 8.11. The molecule has 0 radical (unpaired) electrons. The number of nitrogens with one attached hydrogen (secondary N) is 1. The lowest BCUT2D eigenvalue weighted by molar-refractivity contribution is -0.125. The second-order valence-electron chi connectivity index (χ2n) is 5.54. The van der Waals surface area contributed by atoms with E-state index in [1.807, 2.05) is 49.4 Å². The van der Waals surface area contributed by atoms with Crippen LogP contribution < -0.4 is 11.1 Å². The fourth-order valence-electron chi connectivity index (χ4n) is 2.37. The van der Waals surface area contributed by atoms with Gasteiger partial charge in [-0.1, -0.05) is 60.5 Å². The molecule has 0 saturated heterocycles. The molecule has 0 aromatic heterocycles. The predicted molar refractivity (Wildman–Crippen MR) is 95.7 cm³/mol. The third kappa shape index (κ3) is 5.24. The van der Waals surface area contributed by atoms with Gasteiger partial charge < -0.3 is 11.1 Å². The molecule has 0 fully saturated rings. The van der Waals surface area contributed by atoms with E-state index in [0.29, 0.717) is 23.0 Å². The van der Waals surface area contributed by atoms with E-state index in [9.17, 15) is 4.79 Å². The Hall–Kier alpha value is -1.55. The highest BCUT2D eigenvalue weighted by Crippen LogP contribution is 2.20. The first-order chi connectivity index (χ1) is 11.0. The summed E-state index contributed by atoms with van der Waals surface area (Å²) in [6.45, 7) is 2.35. The molecule has 2 aromatic carbocycles. The monoisotopic (exact) mass is 350 g/mol. The van der Waals surface area contributed by atoms with Gasteiger partial charge >= 0.3 is 0 Å². The van der Waals surface area contributed by atoms with Crippen molar-refractivity contribution in [2.45, 2.75) is 19.4 Å². The minimum Gasteiger partial charge on any atom is -0.355 e. The molecule has 122 valence electrons. The summed E-state index contributed by atoms with van der Waals surface area (Å²) in [4.78, 5) is 12.2. The Bertz CT molecular complexity index is 641. The molecule has 2 rings (SSSR count). The van der Waals surface area contributed by atoms with Crippen LogP contribution in [0, 0.1) is 5.92 Å².